The van der Waals surface area contributed by atoms with Gasteiger partial charge in [-0.25, -0.2) is 4.39 Å². The third-order valence-corrected chi connectivity index (χ3v) is 2.11. The molecule has 4 nitrogen and oxygen atoms in total. The highest BCUT2D eigenvalue weighted by Crippen LogP contribution is 2.18. The molecule has 16 heavy (non-hydrogen) atoms. The van der Waals surface area contributed by atoms with Crippen LogP contribution in [0.4, 0.5) is 4.39 Å². The molecule has 1 aromatic heterocycles. The van der Waals surface area contributed by atoms with Crippen molar-refractivity contribution >= 4 is 0 Å². The average molecular weight is 217 g/mol. The van der Waals surface area contributed by atoms with E-state index < -0.39 is 0 Å². The van der Waals surface area contributed by atoms with Gasteiger partial charge in [0, 0.05) is 5.56 Å². The van der Waals surface area contributed by atoms with E-state index in [-0.39, 0.29) is 18.1 Å². The van der Waals surface area contributed by atoms with Crippen LogP contribution in [-0.4, -0.2) is 10.1 Å². The van der Waals surface area contributed by atoms with E-state index >= 15 is 0 Å². The maximum Gasteiger partial charge on any atom is 0.241 e. The topological polar surface area (TPSA) is 62.7 Å². The largest absolute Gasteiger partial charge is 0.338 e. The fourth-order valence-electron chi connectivity index (χ4n) is 1.30. The number of nitrogens with zero attached hydrogens (tertiary/aromatic N) is 3. The Kier molecular flexibility index (Phi) is 2.64. The summed E-state index contributed by atoms with van der Waals surface area (Å²) in [6, 6.07) is 6.47. The molecule has 0 aliphatic rings. The molecule has 0 aliphatic heterocycles. The van der Waals surface area contributed by atoms with E-state index in [1.54, 1.807) is 19.1 Å². The molecule has 0 bridgehead atoms. The van der Waals surface area contributed by atoms with Crippen LogP contribution in [-0.2, 0) is 6.42 Å². The van der Waals surface area contributed by atoms with Gasteiger partial charge in [0.15, 0.2) is 0 Å². The number of aryl methyl sites for hydroxylation is 1. The maximum atomic E-state index is 13.0. The van der Waals surface area contributed by atoms with Crippen molar-refractivity contribution in [3.8, 4) is 17.5 Å². The standard InChI is InChI=1S/C11H8FN3O/c1-7-6-8(2-3-9(7)12)11-14-10(4-5-13)16-15-11/h2-3,6H,4H2,1H3. The second kappa shape index (κ2) is 4.11. The summed E-state index contributed by atoms with van der Waals surface area (Å²) >= 11 is 0. The highest BCUT2D eigenvalue weighted by molar-refractivity contribution is 5.55. The van der Waals surface area contributed by atoms with Crippen molar-refractivity contribution in [2.45, 2.75) is 13.3 Å². The summed E-state index contributed by atoms with van der Waals surface area (Å²) in [6.45, 7) is 1.66. The van der Waals surface area contributed by atoms with E-state index in [1.165, 1.54) is 6.07 Å². The van der Waals surface area contributed by atoms with Crippen molar-refractivity contribution in [3.63, 3.8) is 0 Å². The molecular weight excluding hydrogens is 209 g/mol. The van der Waals surface area contributed by atoms with E-state index in [9.17, 15) is 4.39 Å². The van der Waals surface area contributed by atoms with E-state index in [0.29, 0.717) is 17.0 Å². The van der Waals surface area contributed by atoms with Crippen LogP contribution in [0.3, 0.4) is 0 Å². The number of aromatic nitrogens is 2. The van der Waals surface area contributed by atoms with Crippen LogP contribution in [0.15, 0.2) is 22.7 Å². The Morgan fingerprint density at radius 1 is 1.50 bits per heavy atom. The Balaban J connectivity index is 2.36. The van der Waals surface area contributed by atoms with Gasteiger partial charge in [-0.2, -0.15) is 10.2 Å². The highest BCUT2D eigenvalue weighted by atomic mass is 19.1. The molecule has 0 fully saturated rings. The molecule has 0 spiro atoms. The Bertz CT molecular complexity index is 557. The second-order valence-electron chi connectivity index (χ2n) is 3.31. The Morgan fingerprint density at radius 2 is 2.31 bits per heavy atom. The van der Waals surface area contributed by atoms with Crippen LogP contribution in [0.25, 0.3) is 11.4 Å². The molecule has 0 atom stereocenters. The number of hydrogen-bond acceptors (Lipinski definition) is 4. The third kappa shape index (κ3) is 1.91. The first-order valence-electron chi connectivity index (χ1n) is 4.67. The predicted molar refractivity (Wildman–Crippen MR) is 53.7 cm³/mol. The summed E-state index contributed by atoms with van der Waals surface area (Å²) in [5, 5.41) is 12.2. The van der Waals surface area contributed by atoms with Gasteiger partial charge < -0.3 is 4.52 Å². The van der Waals surface area contributed by atoms with Crippen LogP contribution in [0.2, 0.25) is 0 Å². The number of halogens is 1. The minimum atomic E-state index is -0.274. The second-order valence-corrected chi connectivity index (χ2v) is 3.31. The van der Waals surface area contributed by atoms with E-state index in [1.807, 2.05) is 6.07 Å². The summed E-state index contributed by atoms with van der Waals surface area (Å²) in [6.07, 6.45) is 0.0766. The monoisotopic (exact) mass is 217 g/mol. The number of hydrogen-bond donors (Lipinski definition) is 0. The molecule has 0 aliphatic carbocycles. The Morgan fingerprint density at radius 3 is 3.00 bits per heavy atom. The van der Waals surface area contributed by atoms with E-state index in [2.05, 4.69) is 10.1 Å². The third-order valence-electron chi connectivity index (χ3n) is 2.11. The van der Waals surface area contributed by atoms with Crippen LogP contribution in [0, 0.1) is 24.1 Å². The molecule has 0 N–H and O–H groups in total. The fraction of sp³-hybridized carbons (Fsp3) is 0.182. The number of nitriles is 1. The normalized spacial score (nSPS) is 10.1. The fourth-order valence-corrected chi connectivity index (χ4v) is 1.30. The Hall–Kier alpha value is -2.22. The average Bonchev–Trinajstić information content (AvgIpc) is 2.71. The van der Waals surface area contributed by atoms with Crippen molar-refractivity contribution in [2.24, 2.45) is 0 Å². The van der Waals surface area contributed by atoms with Crippen LogP contribution >= 0.6 is 0 Å². The molecule has 1 heterocycles. The molecule has 1 aromatic carbocycles. The van der Waals surface area contributed by atoms with Crippen molar-refractivity contribution in [3.05, 3.63) is 35.5 Å². The van der Waals surface area contributed by atoms with Gasteiger partial charge >= 0.3 is 0 Å². The van der Waals surface area contributed by atoms with E-state index in [0.717, 1.165) is 0 Å². The lowest BCUT2D eigenvalue weighted by Crippen LogP contribution is -1.86. The van der Waals surface area contributed by atoms with Gasteiger partial charge in [-0.15, -0.1) is 0 Å². The first-order valence-corrected chi connectivity index (χ1v) is 4.67. The predicted octanol–water partition coefficient (Wildman–Crippen LogP) is 2.25. The zero-order chi connectivity index (χ0) is 11.5. The lowest BCUT2D eigenvalue weighted by Gasteiger charge is -1.97. The van der Waals surface area contributed by atoms with Crippen LogP contribution in [0.1, 0.15) is 11.5 Å². The number of rotatable bonds is 2. The Labute approximate surface area is 91.3 Å². The van der Waals surface area contributed by atoms with Crippen molar-refractivity contribution in [1.82, 2.24) is 10.1 Å². The van der Waals surface area contributed by atoms with Gasteiger partial charge in [0.2, 0.25) is 11.7 Å². The lowest BCUT2D eigenvalue weighted by atomic mass is 10.1. The van der Waals surface area contributed by atoms with Gasteiger partial charge in [-0.1, -0.05) is 5.16 Å². The molecule has 0 saturated carbocycles. The summed E-state index contributed by atoms with van der Waals surface area (Å²) in [5.41, 5.74) is 1.19. The first-order chi connectivity index (χ1) is 7.70. The van der Waals surface area contributed by atoms with Gasteiger partial charge in [0.05, 0.1) is 6.07 Å². The highest BCUT2D eigenvalue weighted by Gasteiger charge is 2.09. The first kappa shape index (κ1) is 10.3. The lowest BCUT2D eigenvalue weighted by molar-refractivity contribution is 0.388. The zero-order valence-electron chi connectivity index (χ0n) is 8.57. The minimum Gasteiger partial charge on any atom is -0.338 e. The molecule has 0 amide bonds. The van der Waals surface area contributed by atoms with Crippen LogP contribution in [0.5, 0.6) is 0 Å². The SMILES string of the molecule is Cc1cc(-c2noc(CC#N)n2)ccc1F. The van der Waals surface area contributed by atoms with Crippen molar-refractivity contribution in [2.75, 3.05) is 0 Å². The molecule has 0 unspecified atom stereocenters. The summed E-state index contributed by atoms with van der Waals surface area (Å²) in [4.78, 5) is 4.02. The summed E-state index contributed by atoms with van der Waals surface area (Å²) < 4.78 is 17.9. The van der Waals surface area contributed by atoms with Gasteiger partial charge in [-0.3, -0.25) is 0 Å². The molecule has 2 aromatic rings. The van der Waals surface area contributed by atoms with Gasteiger partial charge in [-0.05, 0) is 30.7 Å². The van der Waals surface area contributed by atoms with Crippen LogP contribution < -0.4 is 0 Å². The quantitative estimate of drug-likeness (QED) is 0.773. The molecule has 0 radical (unpaired) electrons. The molecule has 80 valence electrons. The maximum absolute atomic E-state index is 13.0. The van der Waals surface area contributed by atoms with Crippen molar-refractivity contribution < 1.29 is 8.91 Å². The molecule has 0 saturated heterocycles. The molecule has 2 rings (SSSR count). The van der Waals surface area contributed by atoms with Gasteiger partial charge in [0.1, 0.15) is 12.2 Å². The summed E-state index contributed by atoms with van der Waals surface area (Å²) in [5.74, 6) is 0.359. The number of benzene rings is 1. The van der Waals surface area contributed by atoms with E-state index in [4.69, 9.17) is 9.78 Å². The van der Waals surface area contributed by atoms with Gasteiger partial charge in [0.25, 0.3) is 0 Å². The molecule has 5 heteroatoms. The summed E-state index contributed by atoms with van der Waals surface area (Å²) in [7, 11) is 0. The smallest absolute Gasteiger partial charge is 0.241 e. The zero-order valence-corrected chi connectivity index (χ0v) is 8.57. The van der Waals surface area contributed by atoms with Crippen molar-refractivity contribution in [1.29, 1.82) is 5.26 Å². The minimum absolute atomic E-state index is 0.0766. The molecular formula is C11H8FN3O.